The van der Waals surface area contributed by atoms with Gasteiger partial charge in [-0.2, -0.15) is 12.6 Å². The summed E-state index contributed by atoms with van der Waals surface area (Å²) < 4.78 is 36.7. The SMILES string of the molecule is COc1ccc(S(=O)(=O)NC(C)CS)cc1OC. The first-order valence-corrected chi connectivity index (χ1v) is 7.41. The maximum Gasteiger partial charge on any atom is 0.240 e. The summed E-state index contributed by atoms with van der Waals surface area (Å²) in [5.41, 5.74) is 0. The molecule has 18 heavy (non-hydrogen) atoms. The van der Waals surface area contributed by atoms with Gasteiger partial charge in [0.25, 0.3) is 0 Å². The number of hydrogen-bond acceptors (Lipinski definition) is 5. The lowest BCUT2D eigenvalue weighted by molar-refractivity contribution is 0.354. The zero-order chi connectivity index (χ0) is 13.8. The van der Waals surface area contributed by atoms with Gasteiger partial charge in [0.2, 0.25) is 10.0 Å². The van der Waals surface area contributed by atoms with E-state index in [1.165, 1.54) is 26.4 Å². The fourth-order valence-corrected chi connectivity index (χ4v) is 2.83. The molecule has 1 N–H and O–H groups in total. The molecule has 0 radical (unpaired) electrons. The van der Waals surface area contributed by atoms with Crippen molar-refractivity contribution in [2.75, 3.05) is 20.0 Å². The number of nitrogens with one attached hydrogen (secondary N) is 1. The molecule has 0 bridgehead atoms. The summed E-state index contributed by atoms with van der Waals surface area (Å²) in [5.74, 6) is 1.28. The standard InChI is InChI=1S/C11H17NO4S2/c1-8(7-17)12-18(13,14)9-4-5-10(15-2)11(6-9)16-3/h4-6,8,12,17H,7H2,1-3H3. The summed E-state index contributed by atoms with van der Waals surface area (Å²) in [4.78, 5) is 0.133. The molecule has 5 nitrogen and oxygen atoms in total. The van der Waals surface area contributed by atoms with E-state index in [0.717, 1.165) is 0 Å². The third-order valence-electron chi connectivity index (χ3n) is 2.30. The molecule has 0 heterocycles. The van der Waals surface area contributed by atoms with Gasteiger partial charge in [0.05, 0.1) is 19.1 Å². The van der Waals surface area contributed by atoms with Crippen LogP contribution in [0.15, 0.2) is 23.1 Å². The van der Waals surface area contributed by atoms with E-state index in [9.17, 15) is 8.42 Å². The molecule has 0 amide bonds. The maximum atomic E-state index is 12.0. The van der Waals surface area contributed by atoms with Gasteiger partial charge in [0.1, 0.15) is 0 Å². The Bertz CT molecular complexity index is 502. The summed E-state index contributed by atoms with van der Waals surface area (Å²) in [5, 5.41) is 0. The van der Waals surface area contributed by atoms with Crippen LogP contribution in [0.25, 0.3) is 0 Å². The summed E-state index contributed by atoms with van der Waals surface area (Å²) in [6.45, 7) is 1.74. The molecule has 7 heteroatoms. The Kier molecular flexibility index (Phi) is 5.30. The van der Waals surface area contributed by atoms with Crippen molar-refractivity contribution in [3.63, 3.8) is 0 Å². The highest BCUT2D eigenvalue weighted by Crippen LogP contribution is 2.29. The van der Waals surface area contributed by atoms with Crippen LogP contribution in [0.5, 0.6) is 11.5 Å². The van der Waals surface area contributed by atoms with Crippen molar-refractivity contribution in [2.24, 2.45) is 0 Å². The van der Waals surface area contributed by atoms with E-state index in [0.29, 0.717) is 17.3 Å². The number of hydrogen-bond donors (Lipinski definition) is 2. The molecule has 0 aliphatic carbocycles. The monoisotopic (exact) mass is 291 g/mol. The zero-order valence-corrected chi connectivity index (χ0v) is 12.2. The Morgan fingerprint density at radius 3 is 2.39 bits per heavy atom. The lowest BCUT2D eigenvalue weighted by Crippen LogP contribution is -2.33. The fraction of sp³-hybridized carbons (Fsp3) is 0.455. The van der Waals surface area contributed by atoms with Crippen molar-refractivity contribution in [1.82, 2.24) is 4.72 Å². The highest BCUT2D eigenvalue weighted by molar-refractivity contribution is 7.89. The third-order valence-corrected chi connectivity index (χ3v) is 4.43. The number of benzene rings is 1. The molecule has 1 rings (SSSR count). The highest BCUT2D eigenvalue weighted by atomic mass is 32.2. The second-order valence-corrected chi connectivity index (χ2v) is 5.80. The summed E-state index contributed by atoms with van der Waals surface area (Å²) in [6.07, 6.45) is 0. The Balaban J connectivity index is 3.10. The smallest absolute Gasteiger partial charge is 0.240 e. The van der Waals surface area contributed by atoms with Gasteiger partial charge in [-0.3, -0.25) is 0 Å². The van der Waals surface area contributed by atoms with Crippen molar-refractivity contribution in [1.29, 1.82) is 0 Å². The lowest BCUT2D eigenvalue weighted by Gasteiger charge is -2.13. The van der Waals surface area contributed by atoms with Crippen LogP contribution in [-0.4, -0.2) is 34.4 Å². The van der Waals surface area contributed by atoms with E-state index in [1.807, 2.05) is 0 Å². The Hall–Kier alpha value is -0.920. The first-order chi connectivity index (χ1) is 8.44. The van der Waals surface area contributed by atoms with Gasteiger partial charge in [-0.25, -0.2) is 13.1 Å². The summed E-state index contributed by atoms with van der Waals surface area (Å²) >= 11 is 4.04. The second kappa shape index (κ2) is 6.31. The van der Waals surface area contributed by atoms with Gasteiger partial charge < -0.3 is 9.47 Å². The van der Waals surface area contributed by atoms with E-state index >= 15 is 0 Å². The van der Waals surface area contributed by atoms with Gasteiger partial charge >= 0.3 is 0 Å². The van der Waals surface area contributed by atoms with Crippen molar-refractivity contribution in [3.05, 3.63) is 18.2 Å². The molecular weight excluding hydrogens is 274 g/mol. The van der Waals surface area contributed by atoms with Crippen LogP contribution >= 0.6 is 12.6 Å². The predicted molar refractivity (Wildman–Crippen MR) is 73.2 cm³/mol. The van der Waals surface area contributed by atoms with E-state index < -0.39 is 10.0 Å². The molecule has 0 fully saturated rings. The highest BCUT2D eigenvalue weighted by Gasteiger charge is 2.18. The van der Waals surface area contributed by atoms with Gasteiger partial charge in [-0.1, -0.05) is 0 Å². The minimum atomic E-state index is -3.56. The van der Waals surface area contributed by atoms with Crippen molar-refractivity contribution in [3.8, 4) is 11.5 Å². The summed E-state index contributed by atoms with van der Waals surface area (Å²) in [7, 11) is -0.614. The molecule has 0 aromatic heterocycles. The average Bonchev–Trinajstić information content (AvgIpc) is 2.37. The van der Waals surface area contributed by atoms with Crippen LogP contribution in [0.2, 0.25) is 0 Å². The van der Waals surface area contributed by atoms with Crippen LogP contribution in [0.4, 0.5) is 0 Å². The Morgan fingerprint density at radius 1 is 1.28 bits per heavy atom. The molecule has 0 aliphatic heterocycles. The molecule has 1 aromatic rings. The van der Waals surface area contributed by atoms with E-state index in [-0.39, 0.29) is 10.9 Å². The maximum absolute atomic E-state index is 12.0. The predicted octanol–water partition coefficient (Wildman–Crippen LogP) is 1.30. The number of rotatable bonds is 6. The van der Waals surface area contributed by atoms with Crippen molar-refractivity contribution in [2.45, 2.75) is 17.9 Å². The first-order valence-electron chi connectivity index (χ1n) is 5.29. The number of sulfonamides is 1. The Morgan fingerprint density at radius 2 is 1.89 bits per heavy atom. The molecule has 0 spiro atoms. The van der Waals surface area contributed by atoms with Gasteiger partial charge in [-0.15, -0.1) is 0 Å². The lowest BCUT2D eigenvalue weighted by atomic mass is 10.3. The topological polar surface area (TPSA) is 64.6 Å². The van der Waals surface area contributed by atoms with Crippen LogP contribution in [0.3, 0.4) is 0 Å². The van der Waals surface area contributed by atoms with Crippen LogP contribution < -0.4 is 14.2 Å². The van der Waals surface area contributed by atoms with E-state index in [2.05, 4.69) is 17.4 Å². The molecule has 1 unspecified atom stereocenters. The summed E-state index contributed by atoms with van der Waals surface area (Å²) in [6, 6.07) is 4.20. The minimum Gasteiger partial charge on any atom is -0.493 e. The molecular formula is C11H17NO4S2. The van der Waals surface area contributed by atoms with Gasteiger partial charge in [0, 0.05) is 17.9 Å². The minimum absolute atomic E-state index is 0.133. The second-order valence-electron chi connectivity index (χ2n) is 3.72. The quantitative estimate of drug-likeness (QED) is 0.776. The average molecular weight is 291 g/mol. The van der Waals surface area contributed by atoms with Crippen LogP contribution in [-0.2, 0) is 10.0 Å². The molecule has 1 atom stereocenters. The number of ether oxygens (including phenoxy) is 2. The van der Waals surface area contributed by atoms with Crippen molar-refractivity contribution < 1.29 is 17.9 Å². The first kappa shape index (κ1) is 15.1. The molecule has 0 aliphatic rings. The normalized spacial score (nSPS) is 13.1. The molecule has 1 aromatic carbocycles. The third kappa shape index (κ3) is 3.54. The largest absolute Gasteiger partial charge is 0.493 e. The zero-order valence-electron chi connectivity index (χ0n) is 10.5. The molecule has 0 saturated heterocycles. The number of methoxy groups -OCH3 is 2. The number of thiol groups is 1. The van der Waals surface area contributed by atoms with E-state index in [1.54, 1.807) is 13.0 Å². The molecule has 102 valence electrons. The van der Waals surface area contributed by atoms with Gasteiger partial charge in [0.15, 0.2) is 11.5 Å². The van der Waals surface area contributed by atoms with Crippen molar-refractivity contribution >= 4 is 22.7 Å². The Labute approximate surface area is 113 Å². The molecule has 0 saturated carbocycles. The fourth-order valence-electron chi connectivity index (χ4n) is 1.35. The van der Waals surface area contributed by atoms with Gasteiger partial charge in [-0.05, 0) is 19.1 Å². The van der Waals surface area contributed by atoms with Crippen LogP contribution in [0, 0.1) is 0 Å². The van der Waals surface area contributed by atoms with Crippen LogP contribution in [0.1, 0.15) is 6.92 Å². The van der Waals surface area contributed by atoms with E-state index in [4.69, 9.17) is 9.47 Å².